The zero-order valence-electron chi connectivity index (χ0n) is 16.0. The average molecular weight is 405 g/mol. The summed E-state index contributed by atoms with van der Waals surface area (Å²) in [6, 6.07) is 14.5. The van der Waals surface area contributed by atoms with Crippen molar-refractivity contribution in [1.82, 2.24) is 24.4 Å². The van der Waals surface area contributed by atoms with E-state index in [-0.39, 0.29) is 18.0 Å². The van der Waals surface area contributed by atoms with Gasteiger partial charge in [0, 0.05) is 30.7 Å². The van der Waals surface area contributed by atoms with Crippen molar-refractivity contribution in [3.63, 3.8) is 0 Å². The number of nitrogens with zero attached hydrogens (tertiary/aromatic N) is 4. The van der Waals surface area contributed by atoms with E-state index in [0.29, 0.717) is 22.3 Å². The number of carbonyl (C=O) groups excluding carboxylic acids is 1. The van der Waals surface area contributed by atoms with Crippen molar-refractivity contribution >= 4 is 28.6 Å². The third kappa shape index (κ3) is 3.79. The minimum Gasteiger partial charge on any atom is -0.334 e. The molecule has 4 rings (SSSR count). The number of imidazole rings is 1. The Balaban J connectivity index is 1.53. The number of carbonyl (C=O) groups is 1. The SMILES string of the molecule is CSc1nccn1-c1ccc(C(=O)N(C)Cc2nc3ccccc3c(=O)[nH]2)cc1. The van der Waals surface area contributed by atoms with Crippen LogP contribution in [0.3, 0.4) is 0 Å². The van der Waals surface area contributed by atoms with Gasteiger partial charge in [-0.2, -0.15) is 0 Å². The van der Waals surface area contributed by atoms with E-state index in [2.05, 4.69) is 15.0 Å². The third-order valence-corrected chi connectivity index (χ3v) is 5.24. The molecule has 4 aromatic rings. The summed E-state index contributed by atoms with van der Waals surface area (Å²) in [7, 11) is 1.69. The second-order valence-corrected chi connectivity index (χ2v) is 7.30. The molecule has 7 nitrogen and oxygen atoms in total. The molecule has 0 bridgehead atoms. The predicted molar refractivity (Wildman–Crippen MR) is 114 cm³/mol. The van der Waals surface area contributed by atoms with Gasteiger partial charge in [-0.1, -0.05) is 23.9 Å². The van der Waals surface area contributed by atoms with Crippen LogP contribution in [0.1, 0.15) is 16.2 Å². The minimum absolute atomic E-state index is 0.150. The molecule has 1 N–H and O–H groups in total. The van der Waals surface area contributed by atoms with Crippen LogP contribution in [0.4, 0.5) is 0 Å². The van der Waals surface area contributed by atoms with Crippen LogP contribution in [0.15, 0.2) is 70.9 Å². The van der Waals surface area contributed by atoms with E-state index in [1.165, 1.54) is 4.90 Å². The zero-order valence-corrected chi connectivity index (χ0v) is 16.8. The Hall–Kier alpha value is -3.39. The summed E-state index contributed by atoms with van der Waals surface area (Å²) in [6.07, 6.45) is 5.60. The van der Waals surface area contributed by atoms with Crippen molar-refractivity contribution in [2.45, 2.75) is 11.7 Å². The first-order valence-corrected chi connectivity index (χ1v) is 10.2. The summed E-state index contributed by atoms with van der Waals surface area (Å²) in [4.78, 5) is 38.0. The van der Waals surface area contributed by atoms with Crippen LogP contribution in [-0.2, 0) is 6.54 Å². The first-order valence-electron chi connectivity index (χ1n) is 8.98. The molecule has 0 saturated carbocycles. The van der Waals surface area contributed by atoms with Gasteiger partial charge in [0.1, 0.15) is 5.82 Å². The number of hydrogen-bond donors (Lipinski definition) is 1. The third-order valence-electron chi connectivity index (χ3n) is 4.58. The first kappa shape index (κ1) is 18.9. The topological polar surface area (TPSA) is 83.9 Å². The van der Waals surface area contributed by atoms with Gasteiger partial charge in [-0.25, -0.2) is 9.97 Å². The molecule has 2 heterocycles. The van der Waals surface area contributed by atoms with E-state index in [1.54, 1.807) is 55.3 Å². The molecule has 146 valence electrons. The highest BCUT2D eigenvalue weighted by atomic mass is 32.2. The second-order valence-electron chi connectivity index (χ2n) is 6.52. The van der Waals surface area contributed by atoms with Crippen LogP contribution in [0.5, 0.6) is 0 Å². The lowest BCUT2D eigenvalue weighted by atomic mass is 10.2. The molecule has 0 aliphatic carbocycles. The number of thioether (sulfide) groups is 1. The number of fused-ring (bicyclic) bond motifs is 1. The van der Waals surface area contributed by atoms with Crippen LogP contribution in [0.25, 0.3) is 16.6 Å². The van der Waals surface area contributed by atoms with Crippen molar-refractivity contribution < 1.29 is 4.79 Å². The lowest BCUT2D eigenvalue weighted by Crippen LogP contribution is -2.28. The maximum atomic E-state index is 12.8. The predicted octanol–water partition coefficient (Wildman–Crippen LogP) is 3.10. The fourth-order valence-electron chi connectivity index (χ4n) is 3.13. The van der Waals surface area contributed by atoms with E-state index >= 15 is 0 Å². The monoisotopic (exact) mass is 405 g/mol. The number of nitrogens with one attached hydrogen (secondary N) is 1. The maximum absolute atomic E-state index is 12.8. The molecule has 0 spiro atoms. The smallest absolute Gasteiger partial charge is 0.258 e. The largest absolute Gasteiger partial charge is 0.334 e. The van der Waals surface area contributed by atoms with Gasteiger partial charge in [0.2, 0.25) is 0 Å². The molecule has 2 aromatic heterocycles. The summed E-state index contributed by atoms with van der Waals surface area (Å²) in [5, 5.41) is 1.41. The molecule has 0 radical (unpaired) electrons. The normalized spacial score (nSPS) is 11.0. The van der Waals surface area contributed by atoms with Gasteiger partial charge in [0.05, 0.1) is 17.4 Å². The van der Waals surface area contributed by atoms with Crippen LogP contribution in [0.2, 0.25) is 0 Å². The van der Waals surface area contributed by atoms with Crippen molar-refractivity contribution in [2.75, 3.05) is 13.3 Å². The number of benzene rings is 2. The molecule has 0 unspecified atom stereocenters. The molecular weight excluding hydrogens is 386 g/mol. The van der Waals surface area contributed by atoms with Crippen molar-refractivity contribution in [3.8, 4) is 5.69 Å². The molecule has 1 amide bonds. The maximum Gasteiger partial charge on any atom is 0.258 e. The lowest BCUT2D eigenvalue weighted by Gasteiger charge is -2.17. The number of para-hydroxylation sites is 1. The van der Waals surface area contributed by atoms with Crippen molar-refractivity contribution in [2.24, 2.45) is 0 Å². The van der Waals surface area contributed by atoms with E-state index in [4.69, 9.17) is 0 Å². The molecule has 0 saturated heterocycles. The van der Waals surface area contributed by atoms with Crippen molar-refractivity contribution in [3.05, 3.63) is 82.7 Å². The Kier molecular flexibility index (Phi) is 5.18. The van der Waals surface area contributed by atoms with Gasteiger partial charge in [-0.05, 0) is 42.7 Å². The van der Waals surface area contributed by atoms with Gasteiger partial charge in [-0.15, -0.1) is 0 Å². The van der Waals surface area contributed by atoms with Gasteiger partial charge in [0.15, 0.2) is 5.16 Å². The Labute approximate surface area is 171 Å². The van der Waals surface area contributed by atoms with E-state index in [0.717, 1.165) is 10.8 Å². The highest BCUT2D eigenvalue weighted by Gasteiger charge is 2.14. The molecule has 0 fully saturated rings. The van der Waals surface area contributed by atoms with E-state index < -0.39 is 0 Å². The Bertz CT molecular complexity index is 1230. The number of hydrogen-bond acceptors (Lipinski definition) is 5. The molecule has 0 aliphatic rings. The number of H-pyrrole nitrogens is 1. The second kappa shape index (κ2) is 7.92. The standard InChI is InChI=1S/C21H19N5O2S/c1-25(13-18-23-17-6-4-3-5-16(17)19(27)24-18)20(28)14-7-9-15(10-8-14)26-12-11-22-21(26)29-2/h3-12H,13H2,1-2H3,(H,23,24,27). The van der Waals surface area contributed by atoms with E-state index in [9.17, 15) is 9.59 Å². The molecule has 8 heteroatoms. The van der Waals surface area contributed by atoms with Crippen LogP contribution in [-0.4, -0.2) is 43.6 Å². The lowest BCUT2D eigenvalue weighted by molar-refractivity contribution is 0.0781. The molecule has 2 aromatic carbocycles. The number of rotatable bonds is 5. The van der Waals surface area contributed by atoms with Crippen LogP contribution >= 0.6 is 11.8 Å². The first-order chi connectivity index (χ1) is 14.1. The van der Waals surface area contributed by atoms with Crippen molar-refractivity contribution in [1.29, 1.82) is 0 Å². The highest BCUT2D eigenvalue weighted by Crippen LogP contribution is 2.19. The van der Waals surface area contributed by atoms with Crippen LogP contribution < -0.4 is 5.56 Å². The zero-order chi connectivity index (χ0) is 20.4. The summed E-state index contributed by atoms with van der Waals surface area (Å²) in [6.45, 7) is 0.207. The molecular formula is C21H19N5O2S. The van der Waals surface area contributed by atoms with Crippen LogP contribution in [0, 0.1) is 0 Å². The van der Waals surface area contributed by atoms with Gasteiger partial charge < -0.3 is 9.88 Å². The number of aromatic amines is 1. The number of aromatic nitrogens is 4. The fourth-order valence-corrected chi connectivity index (χ4v) is 3.66. The van der Waals surface area contributed by atoms with Gasteiger partial charge >= 0.3 is 0 Å². The Morgan fingerprint density at radius 1 is 1.17 bits per heavy atom. The molecule has 29 heavy (non-hydrogen) atoms. The molecule has 0 atom stereocenters. The summed E-state index contributed by atoms with van der Waals surface area (Å²) in [5.74, 6) is 0.298. The minimum atomic E-state index is -0.208. The van der Waals surface area contributed by atoms with Gasteiger partial charge in [0.25, 0.3) is 11.5 Å². The summed E-state index contributed by atoms with van der Waals surface area (Å²) >= 11 is 1.56. The summed E-state index contributed by atoms with van der Waals surface area (Å²) in [5.41, 5.74) is 1.90. The quantitative estimate of drug-likeness (QED) is 0.516. The fraction of sp³-hybridized carbons (Fsp3) is 0.143. The summed E-state index contributed by atoms with van der Waals surface area (Å²) < 4.78 is 1.96. The highest BCUT2D eigenvalue weighted by molar-refractivity contribution is 7.98. The van der Waals surface area contributed by atoms with Gasteiger partial charge in [-0.3, -0.25) is 14.2 Å². The van der Waals surface area contributed by atoms with E-state index in [1.807, 2.05) is 35.2 Å². The molecule has 0 aliphatic heterocycles. The Morgan fingerprint density at radius 3 is 2.69 bits per heavy atom. The number of amides is 1. The Morgan fingerprint density at radius 2 is 1.93 bits per heavy atom. The average Bonchev–Trinajstić information content (AvgIpc) is 3.22.